The Morgan fingerprint density at radius 2 is 1.91 bits per heavy atom. The fourth-order valence-corrected chi connectivity index (χ4v) is 2.65. The predicted octanol–water partition coefficient (Wildman–Crippen LogP) is 5.44. The monoisotopic (exact) mass is 303 g/mol. The van der Waals surface area contributed by atoms with Gasteiger partial charge in [-0.1, -0.05) is 51.7 Å². The van der Waals surface area contributed by atoms with Gasteiger partial charge >= 0.3 is 0 Å². The van der Waals surface area contributed by atoms with Crippen LogP contribution in [0.1, 0.15) is 69.9 Å². The van der Waals surface area contributed by atoms with Crippen LogP contribution in [0.4, 0.5) is 0 Å². The lowest BCUT2D eigenvalue weighted by molar-refractivity contribution is 0.475. The molecule has 0 aliphatic rings. The Hall–Kier alpha value is -1.28. The first-order valence-electron chi connectivity index (χ1n) is 8.88. The molecule has 0 heterocycles. The van der Waals surface area contributed by atoms with E-state index in [0.717, 1.165) is 32.4 Å². The van der Waals surface area contributed by atoms with Crippen molar-refractivity contribution in [3.63, 3.8) is 0 Å². The number of hydrogen-bond acceptors (Lipinski definition) is 2. The molecular weight excluding hydrogens is 270 g/mol. The fourth-order valence-electron chi connectivity index (χ4n) is 2.65. The molecule has 0 amide bonds. The van der Waals surface area contributed by atoms with E-state index in [1.807, 2.05) is 12.1 Å². The predicted molar refractivity (Wildman–Crippen MR) is 97.4 cm³/mol. The van der Waals surface area contributed by atoms with Gasteiger partial charge in [-0.25, -0.2) is 0 Å². The molecule has 2 N–H and O–H groups in total. The van der Waals surface area contributed by atoms with Gasteiger partial charge in [-0.05, 0) is 68.1 Å². The summed E-state index contributed by atoms with van der Waals surface area (Å²) in [7, 11) is 0. The Labute approximate surface area is 136 Å². The standard InChI is InChI=1S/C20H33NO/c1-4-6-8-9-14-21-15-13-18(10-7-5-2)20-16-19(22)12-11-17(20)3/h10-12,16,21-22H,4-9,13-15H2,1-3H3/b18-10-. The SMILES string of the molecule is CCC/C=C(/CCNCCCCCC)c1cc(O)ccc1C. The van der Waals surface area contributed by atoms with Crippen LogP contribution in [0.3, 0.4) is 0 Å². The van der Waals surface area contributed by atoms with E-state index in [-0.39, 0.29) is 0 Å². The first-order chi connectivity index (χ1) is 10.7. The Morgan fingerprint density at radius 1 is 1.09 bits per heavy atom. The van der Waals surface area contributed by atoms with Crippen LogP contribution in [0.2, 0.25) is 0 Å². The van der Waals surface area contributed by atoms with Crippen molar-refractivity contribution >= 4 is 5.57 Å². The largest absolute Gasteiger partial charge is 0.508 e. The van der Waals surface area contributed by atoms with Gasteiger partial charge < -0.3 is 10.4 Å². The minimum atomic E-state index is 0.357. The summed E-state index contributed by atoms with van der Waals surface area (Å²) >= 11 is 0. The molecular formula is C20H33NO. The van der Waals surface area contributed by atoms with Crippen molar-refractivity contribution in [2.24, 2.45) is 0 Å². The van der Waals surface area contributed by atoms with Gasteiger partial charge in [-0.15, -0.1) is 0 Å². The Balaban J connectivity index is 2.53. The minimum absolute atomic E-state index is 0.357. The molecule has 0 saturated heterocycles. The van der Waals surface area contributed by atoms with Gasteiger partial charge in [0.25, 0.3) is 0 Å². The number of rotatable bonds is 11. The molecule has 0 bridgehead atoms. The van der Waals surface area contributed by atoms with Gasteiger partial charge in [0.1, 0.15) is 5.75 Å². The summed E-state index contributed by atoms with van der Waals surface area (Å²) in [6, 6.07) is 5.67. The van der Waals surface area contributed by atoms with Crippen LogP contribution in [-0.2, 0) is 0 Å². The third-order valence-corrected chi connectivity index (χ3v) is 4.02. The highest BCUT2D eigenvalue weighted by molar-refractivity contribution is 5.69. The van der Waals surface area contributed by atoms with E-state index in [4.69, 9.17) is 0 Å². The van der Waals surface area contributed by atoms with Gasteiger partial charge in [0.15, 0.2) is 0 Å². The van der Waals surface area contributed by atoms with Crippen molar-refractivity contribution in [2.75, 3.05) is 13.1 Å². The number of benzene rings is 1. The quantitative estimate of drug-likeness (QED) is 0.533. The maximum Gasteiger partial charge on any atom is 0.116 e. The van der Waals surface area contributed by atoms with Crippen LogP contribution < -0.4 is 5.32 Å². The zero-order chi connectivity index (χ0) is 16.2. The fraction of sp³-hybridized carbons (Fsp3) is 0.600. The Kier molecular flexibility index (Phi) is 9.65. The molecule has 2 heteroatoms. The number of phenolic OH excluding ortho intramolecular Hbond substituents is 1. The van der Waals surface area contributed by atoms with Gasteiger partial charge in [0.2, 0.25) is 0 Å². The number of phenols is 1. The zero-order valence-corrected chi connectivity index (χ0v) is 14.6. The van der Waals surface area contributed by atoms with Gasteiger partial charge in [-0.2, -0.15) is 0 Å². The van der Waals surface area contributed by atoms with Crippen LogP contribution in [0.25, 0.3) is 5.57 Å². The molecule has 0 radical (unpaired) electrons. The normalized spacial score (nSPS) is 11.9. The van der Waals surface area contributed by atoms with Crippen molar-refractivity contribution in [1.29, 1.82) is 0 Å². The molecule has 124 valence electrons. The van der Waals surface area contributed by atoms with E-state index in [9.17, 15) is 5.11 Å². The van der Waals surface area contributed by atoms with Crippen molar-refractivity contribution in [3.05, 3.63) is 35.4 Å². The Morgan fingerprint density at radius 3 is 2.64 bits per heavy atom. The van der Waals surface area contributed by atoms with Crippen LogP contribution >= 0.6 is 0 Å². The molecule has 0 spiro atoms. The summed E-state index contributed by atoms with van der Waals surface area (Å²) < 4.78 is 0. The molecule has 0 saturated carbocycles. The summed E-state index contributed by atoms with van der Waals surface area (Å²) in [5, 5.41) is 13.3. The maximum atomic E-state index is 9.76. The van der Waals surface area contributed by atoms with E-state index in [1.165, 1.54) is 42.4 Å². The summed E-state index contributed by atoms with van der Waals surface area (Å²) in [6.45, 7) is 8.69. The van der Waals surface area contributed by atoms with E-state index in [0.29, 0.717) is 5.75 Å². The average molecular weight is 303 g/mol. The number of allylic oxidation sites excluding steroid dienone is 1. The zero-order valence-electron chi connectivity index (χ0n) is 14.6. The first kappa shape index (κ1) is 18.8. The average Bonchev–Trinajstić information content (AvgIpc) is 2.52. The maximum absolute atomic E-state index is 9.76. The molecule has 0 atom stereocenters. The summed E-state index contributed by atoms with van der Waals surface area (Å²) in [5.41, 5.74) is 3.79. The van der Waals surface area contributed by atoms with Crippen LogP contribution in [0.5, 0.6) is 5.75 Å². The van der Waals surface area contributed by atoms with Crippen LogP contribution in [0, 0.1) is 6.92 Å². The highest BCUT2D eigenvalue weighted by Gasteiger charge is 2.06. The van der Waals surface area contributed by atoms with Crippen molar-refractivity contribution < 1.29 is 5.11 Å². The van der Waals surface area contributed by atoms with Gasteiger partial charge in [0, 0.05) is 0 Å². The molecule has 0 aliphatic carbocycles. The lowest BCUT2D eigenvalue weighted by Gasteiger charge is -2.13. The summed E-state index contributed by atoms with van der Waals surface area (Å²) in [6.07, 6.45) is 10.8. The van der Waals surface area contributed by atoms with Crippen molar-refractivity contribution in [1.82, 2.24) is 5.32 Å². The van der Waals surface area contributed by atoms with Gasteiger partial charge in [-0.3, -0.25) is 0 Å². The smallest absolute Gasteiger partial charge is 0.116 e. The van der Waals surface area contributed by atoms with Crippen molar-refractivity contribution in [2.45, 2.75) is 65.7 Å². The van der Waals surface area contributed by atoms with Gasteiger partial charge in [0.05, 0.1) is 0 Å². The molecule has 2 nitrogen and oxygen atoms in total. The number of nitrogens with one attached hydrogen (secondary N) is 1. The van der Waals surface area contributed by atoms with E-state index in [1.54, 1.807) is 6.07 Å². The van der Waals surface area contributed by atoms with E-state index < -0.39 is 0 Å². The van der Waals surface area contributed by atoms with E-state index >= 15 is 0 Å². The number of unbranched alkanes of at least 4 members (excludes halogenated alkanes) is 4. The second-order valence-corrected chi connectivity index (χ2v) is 6.08. The third-order valence-electron chi connectivity index (χ3n) is 4.02. The number of hydrogen-bond donors (Lipinski definition) is 2. The molecule has 1 rings (SSSR count). The molecule has 0 aliphatic heterocycles. The molecule has 0 fully saturated rings. The molecule has 0 aromatic heterocycles. The van der Waals surface area contributed by atoms with Crippen LogP contribution in [0.15, 0.2) is 24.3 Å². The van der Waals surface area contributed by atoms with E-state index in [2.05, 4.69) is 32.2 Å². The minimum Gasteiger partial charge on any atom is -0.508 e. The molecule has 22 heavy (non-hydrogen) atoms. The number of aromatic hydroxyl groups is 1. The second-order valence-electron chi connectivity index (χ2n) is 6.08. The Bertz CT molecular complexity index is 451. The summed E-state index contributed by atoms with van der Waals surface area (Å²) in [5.74, 6) is 0.357. The lowest BCUT2D eigenvalue weighted by atomic mass is 9.96. The van der Waals surface area contributed by atoms with Crippen LogP contribution in [-0.4, -0.2) is 18.2 Å². The molecule has 1 aromatic rings. The number of aryl methyl sites for hydroxylation is 1. The highest BCUT2D eigenvalue weighted by atomic mass is 16.3. The summed E-state index contributed by atoms with van der Waals surface area (Å²) in [4.78, 5) is 0. The molecule has 0 unspecified atom stereocenters. The lowest BCUT2D eigenvalue weighted by Crippen LogP contribution is -2.17. The second kappa shape index (κ2) is 11.3. The highest BCUT2D eigenvalue weighted by Crippen LogP contribution is 2.26. The first-order valence-corrected chi connectivity index (χ1v) is 8.88. The third kappa shape index (κ3) is 7.13. The molecule has 1 aromatic carbocycles. The topological polar surface area (TPSA) is 32.3 Å². The van der Waals surface area contributed by atoms with Crippen molar-refractivity contribution in [3.8, 4) is 5.75 Å².